The number of aryl methyl sites for hydroxylation is 1. The Bertz CT molecular complexity index is 1610. The molecule has 1 fully saturated rings. The zero-order valence-corrected chi connectivity index (χ0v) is 23.7. The van der Waals surface area contributed by atoms with E-state index in [1.165, 1.54) is 47.7 Å². The summed E-state index contributed by atoms with van der Waals surface area (Å²) in [6, 6.07) is 22.5. The van der Waals surface area contributed by atoms with Gasteiger partial charge < -0.3 is 10.3 Å². The molecule has 0 saturated heterocycles. The summed E-state index contributed by atoms with van der Waals surface area (Å²) >= 11 is 0. The van der Waals surface area contributed by atoms with Gasteiger partial charge in [0.25, 0.3) is 0 Å². The molecule has 0 bridgehead atoms. The van der Waals surface area contributed by atoms with Gasteiger partial charge in [-0.3, -0.25) is 4.90 Å². The molecule has 202 valence electrons. The van der Waals surface area contributed by atoms with Gasteiger partial charge in [-0.25, -0.2) is 9.97 Å². The normalized spacial score (nSPS) is 14.0. The molecule has 3 aromatic carbocycles. The topological polar surface area (TPSA) is 60.0 Å². The second-order valence-corrected chi connectivity index (χ2v) is 11.7. The number of nitrogen functional groups attached to an aromatic ring is 1. The number of pyridine rings is 1. The standard InChI is InChI=1S/C34H41N5/c1-4-5-14-31-37-32-33(29-12-8-9-13-30(29)36-34(32)35)39(31)22-27-20-25(19-26-10-6-7-11-28(26)27)21-38(23(2)3)18-17-24-15-16-24/h6-13,19-20,23-24H,4-5,14-18,21-22H2,1-3H3,(H2,35,36). The summed E-state index contributed by atoms with van der Waals surface area (Å²) in [6.45, 7) is 9.82. The number of unbranched alkanes of at least 4 members (excludes halogenated alkanes) is 1. The molecule has 0 unspecified atom stereocenters. The summed E-state index contributed by atoms with van der Waals surface area (Å²) < 4.78 is 2.42. The van der Waals surface area contributed by atoms with Crippen LogP contribution < -0.4 is 5.73 Å². The largest absolute Gasteiger partial charge is 0.382 e. The van der Waals surface area contributed by atoms with Gasteiger partial charge in [-0.05, 0) is 73.2 Å². The Morgan fingerprint density at radius 3 is 2.54 bits per heavy atom. The van der Waals surface area contributed by atoms with Crippen LogP contribution in [0.5, 0.6) is 0 Å². The lowest BCUT2D eigenvalue weighted by atomic mass is 9.99. The summed E-state index contributed by atoms with van der Waals surface area (Å²) in [4.78, 5) is 12.4. The number of fused-ring (bicyclic) bond motifs is 4. The number of hydrogen-bond donors (Lipinski definition) is 1. The summed E-state index contributed by atoms with van der Waals surface area (Å²) in [7, 11) is 0. The molecule has 6 rings (SSSR count). The SMILES string of the molecule is CCCCc1nc2c(N)nc3ccccc3c2n1Cc1cc(CN(CCC2CC2)C(C)C)cc2ccccc12. The van der Waals surface area contributed by atoms with Gasteiger partial charge in [0.1, 0.15) is 11.3 Å². The number of para-hydroxylation sites is 1. The fourth-order valence-electron chi connectivity index (χ4n) is 5.96. The van der Waals surface area contributed by atoms with Crippen LogP contribution in [0, 0.1) is 5.92 Å². The first-order valence-corrected chi connectivity index (χ1v) is 14.8. The van der Waals surface area contributed by atoms with Gasteiger partial charge in [0.15, 0.2) is 5.82 Å². The average molecular weight is 520 g/mol. The minimum absolute atomic E-state index is 0.516. The molecule has 5 aromatic rings. The van der Waals surface area contributed by atoms with Crippen molar-refractivity contribution < 1.29 is 0 Å². The van der Waals surface area contributed by atoms with E-state index >= 15 is 0 Å². The van der Waals surface area contributed by atoms with Gasteiger partial charge in [0, 0.05) is 30.9 Å². The highest BCUT2D eigenvalue weighted by molar-refractivity contribution is 6.06. The lowest BCUT2D eigenvalue weighted by Gasteiger charge is -2.27. The highest BCUT2D eigenvalue weighted by atomic mass is 15.1. The van der Waals surface area contributed by atoms with Gasteiger partial charge in [0.2, 0.25) is 0 Å². The van der Waals surface area contributed by atoms with Gasteiger partial charge in [-0.15, -0.1) is 0 Å². The molecule has 1 aliphatic carbocycles. The molecule has 2 heterocycles. The maximum Gasteiger partial charge on any atom is 0.152 e. The first-order valence-electron chi connectivity index (χ1n) is 14.8. The van der Waals surface area contributed by atoms with E-state index in [9.17, 15) is 0 Å². The molecule has 5 heteroatoms. The third kappa shape index (κ3) is 5.38. The zero-order chi connectivity index (χ0) is 26.9. The molecular formula is C34H41N5. The van der Waals surface area contributed by atoms with E-state index < -0.39 is 0 Å². The number of anilines is 1. The van der Waals surface area contributed by atoms with Crippen LogP contribution in [0.15, 0.2) is 60.7 Å². The molecule has 5 nitrogen and oxygen atoms in total. The molecular weight excluding hydrogens is 478 g/mol. The number of nitrogens with two attached hydrogens (primary N) is 1. The van der Waals surface area contributed by atoms with Crippen molar-refractivity contribution >= 4 is 38.5 Å². The van der Waals surface area contributed by atoms with E-state index in [-0.39, 0.29) is 0 Å². The molecule has 0 radical (unpaired) electrons. The summed E-state index contributed by atoms with van der Waals surface area (Å²) in [6.07, 6.45) is 7.31. The van der Waals surface area contributed by atoms with Crippen molar-refractivity contribution in [2.24, 2.45) is 5.92 Å². The van der Waals surface area contributed by atoms with Crippen LogP contribution in [-0.2, 0) is 19.5 Å². The predicted octanol–water partition coefficient (Wildman–Crippen LogP) is 7.72. The summed E-state index contributed by atoms with van der Waals surface area (Å²) in [5.74, 6) is 2.56. The second kappa shape index (κ2) is 11.0. The van der Waals surface area contributed by atoms with Crippen molar-refractivity contribution in [2.75, 3.05) is 12.3 Å². The molecule has 2 N–H and O–H groups in total. The number of rotatable bonds is 11. The van der Waals surface area contributed by atoms with Crippen LogP contribution in [0.1, 0.15) is 69.8 Å². The summed E-state index contributed by atoms with van der Waals surface area (Å²) in [5.41, 5.74) is 12.1. The van der Waals surface area contributed by atoms with Crippen LogP contribution in [0.4, 0.5) is 5.82 Å². The second-order valence-electron chi connectivity index (χ2n) is 11.7. The quantitative estimate of drug-likeness (QED) is 0.194. The molecule has 0 spiro atoms. The van der Waals surface area contributed by atoms with Gasteiger partial charge in [-0.1, -0.05) is 74.7 Å². The van der Waals surface area contributed by atoms with Crippen LogP contribution in [-0.4, -0.2) is 32.0 Å². The van der Waals surface area contributed by atoms with Crippen LogP contribution in [0.25, 0.3) is 32.7 Å². The monoisotopic (exact) mass is 519 g/mol. The number of benzene rings is 3. The Labute approximate surface area is 232 Å². The lowest BCUT2D eigenvalue weighted by Crippen LogP contribution is -2.31. The number of imidazole rings is 1. The fraction of sp³-hybridized carbons (Fsp3) is 0.412. The van der Waals surface area contributed by atoms with Crippen molar-refractivity contribution in [3.05, 3.63) is 77.6 Å². The minimum atomic E-state index is 0.516. The van der Waals surface area contributed by atoms with E-state index in [1.807, 2.05) is 12.1 Å². The zero-order valence-electron chi connectivity index (χ0n) is 23.7. The van der Waals surface area contributed by atoms with Crippen molar-refractivity contribution in [3.8, 4) is 0 Å². The molecule has 0 atom stereocenters. The van der Waals surface area contributed by atoms with Crippen molar-refractivity contribution in [2.45, 2.75) is 78.4 Å². The Morgan fingerprint density at radius 1 is 1.00 bits per heavy atom. The number of hydrogen-bond acceptors (Lipinski definition) is 4. The molecule has 0 amide bonds. The Balaban J connectivity index is 1.46. The Morgan fingerprint density at radius 2 is 1.77 bits per heavy atom. The molecule has 1 saturated carbocycles. The first kappa shape index (κ1) is 25.8. The third-order valence-electron chi connectivity index (χ3n) is 8.42. The van der Waals surface area contributed by atoms with Crippen molar-refractivity contribution in [1.82, 2.24) is 19.4 Å². The average Bonchev–Trinajstić information content (AvgIpc) is 3.70. The maximum absolute atomic E-state index is 6.49. The predicted molar refractivity (Wildman–Crippen MR) is 164 cm³/mol. The lowest BCUT2D eigenvalue weighted by molar-refractivity contribution is 0.206. The van der Waals surface area contributed by atoms with Crippen molar-refractivity contribution in [1.29, 1.82) is 0 Å². The Kier molecular flexibility index (Phi) is 7.26. The smallest absolute Gasteiger partial charge is 0.152 e. The van der Waals surface area contributed by atoms with Crippen LogP contribution >= 0.6 is 0 Å². The van der Waals surface area contributed by atoms with E-state index in [4.69, 9.17) is 10.7 Å². The molecule has 39 heavy (non-hydrogen) atoms. The third-order valence-corrected chi connectivity index (χ3v) is 8.42. The summed E-state index contributed by atoms with van der Waals surface area (Å²) in [5, 5.41) is 3.73. The van der Waals surface area contributed by atoms with E-state index in [0.29, 0.717) is 11.9 Å². The molecule has 0 aliphatic heterocycles. The minimum Gasteiger partial charge on any atom is -0.382 e. The first-order chi connectivity index (χ1) is 19.0. The van der Waals surface area contributed by atoms with Gasteiger partial charge >= 0.3 is 0 Å². The van der Waals surface area contributed by atoms with E-state index in [1.54, 1.807) is 0 Å². The van der Waals surface area contributed by atoms with Gasteiger partial charge in [0.05, 0.1) is 11.0 Å². The fourth-order valence-corrected chi connectivity index (χ4v) is 5.96. The van der Waals surface area contributed by atoms with Crippen LogP contribution in [0.2, 0.25) is 0 Å². The van der Waals surface area contributed by atoms with E-state index in [0.717, 1.165) is 66.0 Å². The Hall–Kier alpha value is -3.44. The highest BCUT2D eigenvalue weighted by Gasteiger charge is 2.23. The van der Waals surface area contributed by atoms with Crippen molar-refractivity contribution in [3.63, 3.8) is 0 Å². The van der Waals surface area contributed by atoms with Gasteiger partial charge in [-0.2, -0.15) is 0 Å². The van der Waals surface area contributed by atoms with Crippen LogP contribution in [0.3, 0.4) is 0 Å². The molecule has 1 aliphatic rings. The number of nitrogens with zero attached hydrogens (tertiary/aromatic N) is 4. The number of aromatic nitrogens is 3. The maximum atomic E-state index is 6.49. The van der Waals surface area contributed by atoms with E-state index in [2.05, 4.69) is 83.8 Å². The molecule has 2 aromatic heterocycles. The highest BCUT2D eigenvalue weighted by Crippen LogP contribution is 2.34.